The van der Waals surface area contributed by atoms with Crippen LogP contribution in [0, 0.1) is 5.82 Å². The Morgan fingerprint density at radius 3 is 2.82 bits per heavy atom. The maximum atomic E-state index is 13.9. The van der Waals surface area contributed by atoms with Crippen LogP contribution >= 0.6 is 0 Å². The van der Waals surface area contributed by atoms with Crippen molar-refractivity contribution in [1.29, 1.82) is 0 Å². The molecule has 6 nitrogen and oxygen atoms in total. The number of nitrogens with one attached hydrogen (secondary N) is 1. The van der Waals surface area contributed by atoms with Gasteiger partial charge >= 0.3 is 0 Å². The first kappa shape index (κ1) is 15.0. The number of rotatable bonds is 6. The fraction of sp³-hybridized carbons (Fsp3) is 0.429. The summed E-state index contributed by atoms with van der Waals surface area (Å²) in [6, 6.07) is 4.35. The van der Waals surface area contributed by atoms with Gasteiger partial charge in [-0.15, -0.1) is 0 Å². The van der Waals surface area contributed by atoms with E-state index in [0.29, 0.717) is 24.0 Å². The van der Waals surface area contributed by atoms with E-state index >= 15 is 0 Å². The maximum absolute atomic E-state index is 13.9. The van der Waals surface area contributed by atoms with Crippen LogP contribution in [0.2, 0.25) is 0 Å². The van der Waals surface area contributed by atoms with Gasteiger partial charge in [0.05, 0.1) is 12.3 Å². The van der Waals surface area contributed by atoms with E-state index in [4.69, 9.17) is 4.52 Å². The van der Waals surface area contributed by atoms with Gasteiger partial charge in [-0.3, -0.25) is 0 Å². The highest BCUT2D eigenvalue weighted by atomic mass is 32.2. The molecule has 1 N–H and O–H groups in total. The number of sulfone groups is 1. The van der Waals surface area contributed by atoms with Crippen LogP contribution in [0.5, 0.6) is 0 Å². The van der Waals surface area contributed by atoms with Crippen LogP contribution in [0.25, 0.3) is 0 Å². The Morgan fingerprint density at radius 1 is 1.41 bits per heavy atom. The van der Waals surface area contributed by atoms with E-state index < -0.39 is 15.7 Å². The largest absolute Gasteiger partial charge is 0.376 e. The molecule has 8 heteroatoms. The number of nitrogens with zero attached hydrogens (tertiary/aromatic N) is 2. The number of anilines is 1. The molecule has 0 saturated heterocycles. The molecule has 1 aliphatic carbocycles. The fourth-order valence-electron chi connectivity index (χ4n) is 2.08. The van der Waals surface area contributed by atoms with Crippen LogP contribution < -0.4 is 5.32 Å². The number of benzene rings is 1. The normalized spacial score (nSPS) is 15.0. The molecule has 1 aliphatic rings. The average molecular weight is 325 g/mol. The van der Waals surface area contributed by atoms with E-state index in [1.54, 1.807) is 6.07 Å². The monoisotopic (exact) mass is 325 g/mol. The van der Waals surface area contributed by atoms with Gasteiger partial charge in [0.1, 0.15) is 5.82 Å². The minimum absolute atomic E-state index is 0.154. The molecule has 0 unspecified atom stereocenters. The molecule has 118 valence electrons. The molecule has 3 rings (SSSR count). The lowest BCUT2D eigenvalue weighted by atomic mass is 10.2. The van der Waals surface area contributed by atoms with Crippen molar-refractivity contribution >= 4 is 15.5 Å². The van der Waals surface area contributed by atoms with Crippen molar-refractivity contribution in [1.82, 2.24) is 10.1 Å². The summed E-state index contributed by atoms with van der Waals surface area (Å²) in [5.74, 6) is 0.729. The van der Waals surface area contributed by atoms with Gasteiger partial charge in [0.15, 0.2) is 15.7 Å². The zero-order valence-electron chi connectivity index (χ0n) is 12.0. The zero-order chi connectivity index (χ0) is 15.7. The van der Waals surface area contributed by atoms with Crippen molar-refractivity contribution in [3.63, 3.8) is 0 Å². The molecule has 0 radical (unpaired) electrons. The number of hydrogen-bond donors (Lipinski definition) is 1. The van der Waals surface area contributed by atoms with E-state index in [9.17, 15) is 12.8 Å². The standard InChI is InChI=1S/C14H16FN3O3S/c1-22(19,20)8-10-4-5-11(6-12(10)15)16-7-13-17-14(18-21-13)9-2-3-9/h4-6,9,16H,2-3,7-8H2,1H3. The van der Waals surface area contributed by atoms with Crippen molar-refractivity contribution in [3.05, 3.63) is 41.3 Å². The summed E-state index contributed by atoms with van der Waals surface area (Å²) < 4.78 is 41.4. The molecular weight excluding hydrogens is 309 g/mol. The summed E-state index contributed by atoms with van der Waals surface area (Å²) in [6.45, 7) is 0.296. The first-order valence-electron chi connectivity index (χ1n) is 6.93. The lowest BCUT2D eigenvalue weighted by Gasteiger charge is -2.06. The molecule has 1 aromatic carbocycles. The van der Waals surface area contributed by atoms with Gasteiger partial charge in [-0.1, -0.05) is 11.2 Å². The molecule has 0 aliphatic heterocycles. The van der Waals surface area contributed by atoms with E-state index in [1.165, 1.54) is 12.1 Å². The molecule has 1 fully saturated rings. The Hall–Kier alpha value is -1.96. The lowest BCUT2D eigenvalue weighted by Crippen LogP contribution is -2.05. The second kappa shape index (κ2) is 5.68. The first-order valence-corrected chi connectivity index (χ1v) is 8.99. The highest BCUT2D eigenvalue weighted by Crippen LogP contribution is 2.38. The van der Waals surface area contributed by atoms with E-state index in [-0.39, 0.29) is 11.3 Å². The maximum Gasteiger partial charge on any atom is 0.245 e. The molecule has 0 bridgehead atoms. The molecule has 0 amide bonds. The highest BCUT2D eigenvalue weighted by molar-refractivity contribution is 7.89. The fourth-order valence-corrected chi connectivity index (χ4v) is 2.88. The summed E-state index contributed by atoms with van der Waals surface area (Å²) in [7, 11) is -3.26. The number of aromatic nitrogens is 2. The van der Waals surface area contributed by atoms with Crippen molar-refractivity contribution in [2.24, 2.45) is 0 Å². The van der Waals surface area contributed by atoms with Crippen LogP contribution in [0.4, 0.5) is 10.1 Å². The minimum Gasteiger partial charge on any atom is -0.376 e. The van der Waals surface area contributed by atoms with Crippen LogP contribution in [0.1, 0.15) is 36.0 Å². The smallest absolute Gasteiger partial charge is 0.245 e. The highest BCUT2D eigenvalue weighted by Gasteiger charge is 2.28. The van der Waals surface area contributed by atoms with Crippen molar-refractivity contribution in [3.8, 4) is 0 Å². The van der Waals surface area contributed by atoms with E-state index in [1.807, 2.05) is 0 Å². The quantitative estimate of drug-likeness (QED) is 0.877. The third-order valence-electron chi connectivity index (χ3n) is 3.34. The number of halogens is 1. The van der Waals surface area contributed by atoms with Crippen LogP contribution in [0.15, 0.2) is 22.7 Å². The van der Waals surface area contributed by atoms with Gasteiger partial charge in [-0.2, -0.15) is 4.98 Å². The van der Waals surface area contributed by atoms with Crippen molar-refractivity contribution < 1.29 is 17.3 Å². The Balaban J connectivity index is 1.63. The molecule has 0 atom stereocenters. The minimum atomic E-state index is -3.26. The van der Waals surface area contributed by atoms with Crippen LogP contribution in [-0.2, 0) is 22.1 Å². The zero-order valence-corrected chi connectivity index (χ0v) is 12.9. The molecule has 2 aromatic rings. The molecule has 22 heavy (non-hydrogen) atoms. The van der Waals surface area contributed by atoms with E-state index in [2.05, 4.69) is 15.5 Å². The Morgan fingerprint density at radius 2 is 2.18 bits per heavy atom. The van der Waals surface area contributed by atoms with Crippen molar-refractivity contribution in [2.75, 3.05) is 11.6 Å². The summed E-state index contributed by atoms with van der Waals surface area (Å²) in [6.07, 6.45) is 3.27. The van der Waals surface area contributed by atoms with Gasteiger partial charge in [0.2, 0.25) is 5.89 Å². The second-order valence-electron chi connectivity index (χ2n) is 5.55. The van der Waals surface area contributed by atoms with Gasteiger partial charge < -0.3 is 9.84 Å². The summed E-state index contributed by atoms with van der Waals surface area (Å²) >= 11 is 0. The van der Waals surface area contributed by atoms with Crippen molar-refractivity contribution in [2.45, 2.75) is 31.1 Å². The Labute approximate surface area is 127 Å². The third kappa shape index (κ3) is 3.82. The molecule has 1 aromatic heterocycles. The predicted molar refractivity (Wildman–Crippen MR) is 78.5 cm³/mol. The number of hydrogen-bond acceptors (Lipinski definition) is 6. The first-order chi connectivity index (χ1) is 10.4. The average Bonchev–Trinajstić information content (AvgIpc) is 3.17. The SMILES string of the molecule is CS(=O)(=O)Cc1ccc(NCc2nc(C3CC3)no2)cc1F. The molecular formula is C14H16FN3O3S. The third-order valence-corrected chi connectivity index (χ3v) is 4.18. The molecule has 1 heterocycles. The van der Waals surface area contributed by atoms with Crippen LogP contribution in [0.3, 0.4) is 0 Å². The summed E-state index contributed by atoms with van der Waals surface area (Å²) in [5.41, 5.74) is 0.683. The van der Waals surface area contributed by atoms with Gasteiger partial charge in [0.25, 0.3) is 0 Å². The predicted octanol–water partition coefficient (Wildman–Crippen LogP) is 2.24. The van der Waals surface area contributed by atoms with Crippen LogP contribution in [-0.4, -0.2) is 24.8 Å². The summed E-state index contributed by atoms with van der Waals surface area (Å²) in [4.78, 5) is 4.26. The Kier molecular flexibility index (Phi) is 3.86. The molecule has 1 saturated carbocycles. The summed E-state index contributed by atoms with van der Waals surface area (Å²) in [5, 5.41) is 6.87. The van der Waals surface area contributed by atoms with E-state index in [0.717, 1.165) is 24.9 Å². The Bertz CT molecular complexity index is 784. The molecule has 0 spiro atoms. The van der Waals surface area contributed by atoms with Gasteiger partial charge in [-0.05, 0) is 25.0 Å². The van der Waals surface area contributed by atoms with Gasteiger partial charge in [-0.25, -0.2) is 12.8 Å². The second-order valence-corrected chi connectivity index (χ2v) is 7.69. The lowest BCUT2D eigenvalue weighted by molar-refractivity contribution is 0.378. The topological polar surface area (TPSA) is 85.1 Å². The van der Waals surface area contributed by atoms with Gasteiger partial charge in [0, 0.05) is 23.4 Å².